The van der Waals surface area contributed by atoms with Gasteiger partial charge < -0.3 is 20.6 Å². The molecule has 0 saturated heterocycles. The number of nitrogens with one attached hydrogen (secondary N) is 2. The second kappa shape index (κ2) is 9.79. The van der Waals surface area contributed by atoms with E-state index in [1.807, 2.05) is 0 Å². The van der Waals surface area contributed by atoms with Gasteiger partial charge in [0.15, 0.2) is 5.82 Å². The van der Waals surface area contributed by atoms with Gasteiger partial charge in [0.05, 0.1) is 0 Å². The lowest BCUT2D eigenvalue weighted by Gasteiger charge is -2.09. The first-order valence-corrected chi connectivity index (χ1v) is 7.21. The SMILES string of the molecule is COCc1nc(NN)cc(NCCSCCCO)n1. The van der Waals surface area contributed by atoms with Gasteiger partial charge in [-0.3, -0.25) is 0 Å². The quantitative estimate of drug-likeness (QED) is 0.279. The van der Waals surface area contributed by atoms with Crippen LogP contribution >= 0.6 is 11.8 Å². The maximum Gasteiger partial charge on any atom is 0.158 e. The fraction of sp³-hybridized carbons (Fsp3) is 0.636. The van der Waals surface area contributed by atoms with Crippen molar-refractivity contribution in [3.05, 3.63) is 11.9 Å². The lowest BCUT2D eigenvalue weighted by atomic mass is 10.5. The van der Waals surface area contributed by atoms with Crippen LogP contribution in [0.2, 0.25) is 0 Å². The summed E-state index contributed by atoms with van der Waals surface area (Å²) in [5.41, 5.74) is 2.50. The van der Waals surface area contributed by atoms with E-state index < -0.39 is 0 Å². The topological polar surface area (TPSA) is 105 Å². The third-order valence-corrected chi connectivity index (χ3v) is 3.26. The van der Waals surface area contributed by atoms with Crippen molar-refractivity contribution in [1.29, 1.82) is 0 Å². The van der Waals surface area contributed by atoms with Crippen molar-refractivity contribution in [1.82, 2.24) is 9.97 Å². The number of aliphatic hydroxyl groups excluding tert-OH is 1. The van der Waals surface area contributed by atoms with E-state index in [2.05, 4.69) is 20.7 Å². The van der Waals surface area contributed by atoms with E-state index in [4.69, 9.17) is 15.7 Å². The summed E-state index contributed by atoms with van der Waals surface area (Å²) in [5.74, 6) is 9.13. The molecule has 0 amide bonds. The van der Waals surface area contributed by atoms with Crippen molar-refractivity contribution < 1.29 is 9.84 Å². The molecule has 0 bridgehead atoms. The lowest BCUT2D eigenvalue weighted by Crippen LogP contribution is -2.13. The standard InChI is InChI=1S/C11H21N5O2S/c1-18-8-11-14-9(7-10(15-11)16-12)13-3-6-19-5-2-4-17/h7,17H,2-6,8,12H2,1H3,(H2,13,14,15,16). The largest absolute Gasteiger partial charge is 0.396 e. The number of nitrogens with zero attached hydrogens (tertiary/aromatic N) is 2. The zero-order valence-corrected chi connectivity index (χ0v) is 11.9. The summed E-state index contributed by atoms with van der Waals surface area (Å²) >= 11 is 1.79. The monoisotopic (exact) mass is 287 g/mol. The van der Waals surface area contributed by atoms with Gasteiger partial charge in [0.2, 0.25) is 0 Å². The average Bonchev–Trinajstić information content (AvgIpc) is 2.43. The molecule has 0 spiro atoms. The van der Waals surface area contributed by atoms with Crippen molar-refractivity contribution in [2.45, 2.75) is 13.0 Å². The Kier molecular flexibility index (Phi) is 8.23. The second-order valence-electron chi connectivity index (χ2n) is 3.75. The van der Waals surface area contributed by atoms with Crippen molar-refractivity contribution >= 4 is 23.4 Å². The number of anilines is 2. The maximum absolute atomic E-state index is 8.66. The average molecular weight is 287 g/mol. The molecule has 0 saturated carbocycles. The Balaban J connectivity index is 2.41. The summed E-state index contributed by atoms with van der Waals surface area (Å²) in [4.78, 5) is 8.48. The summed E-state index contributed by atoms with van der Waals surface area (Å²) < 4.78 is 5.00. The molecule has 7 nitrogen and oxygen atoms in total. The van der Waals surface area contributed by atoms with Gasteiger partial charge in [-0.2, -0.15) is 11.8 Å². The van der Waals surface area contributed by atoms with Crippen LogP contribution in [0.25, 0.3) is 0 Å². The van der Waals surface area contributed by atoms with E-state index >= 15 is 0 Å². The Hall–Kier alpha value is -1.09. The molecule has 0 aromatic carbocycles. The summed E-state index contributed by atoms with van der Waals surface area (Å²) in [6.45, 7) is 1.39. The van der Waals surface area contributed by atoms with E-state index in [0.29, 0.717) is 18.2 Å². The highest BCUT2D eigenvalue weighted by molar-refractivity contribution is 7.99. The fourth-order valence-corrected chi connectivity index (χ4v) is 2.16. The minimum Gasteiger partial charge on any atom is -0.396 e. The van der Waals surface area contributed by atoms with Gasteiger partial charge in [0, 0.05) is 32.1 Å². The summed E-state index contributed by atoms with van der Waals surface area (Å²) in [7, 11) is 1.59. The molecule has 19 heavy (non-hydrogen) atoms. The van der Waals surface area contributed by atoms with Gasteiger partial charge in [-0.1, -0.05) is 0 Å². The first kappa shape index (κ1) is 16.0. The number of thioether (sulfide) groups is 1. The molecule has 0 atom stereocenters. The van der Waals surface area contributed by atoms with Crippen LogP contribution in [0.4, 0.5) is 11.6 Å². The van der Waals surface area contributed by atoms with E-state index in [-0.39, 0.29) is 6.61 Å². The summed E-state index contributed by atoms with van der Waals surface area (Å²) in [6, 6.07) is 1.75. The number of hydrogen-bond donors (Lipinski definition) is 4. The smallest absolute Gasteiger partial charge is 0.158 e. The Morgan fingerprint density at radius 2 is 2.16 bits per heavy atom. The van der Waals surface area contributed by atoms with Gasteiger partial charge in [-0.25, -0.2) is 15.8 Å². The zero-order valence-electron chi connectivity index (χ0n) is 11.1. The number of hydrazine groups is 1. The minimum absolute atomic E-state index is 0.248. The number of aliphatic hydroxyl groups is 1. The Morgan fingerprint density at radius 3 is 2.84 bits per heavy atom. The molecule has 5 N–H and O–H groups in total. The van der Waals surface area contributed by atoms with Crippen molar-refractivity contribution in [2.24, 2.45) is 5.84 Å². The van der Waals surface area contributed by atoms with Gasteiger partial charge in [-0.05, 0) is 12.2 Å². The molecule has 108 valence electrons. The van der Waals surface area contributed by atoms with Crippen LogP contribution in [0.1, 0.15) is 12.2 Å². The number of nitrogens with two attached hydrogens (primary N) is 1. The highest BCUT2D eigenvalue weighted by atomic mass is 32.2. The third kappa shape index (κ3) is 6.58. The van der Waals surface area contributed by atoms with Gasteiger partial charge in [-0.15, -0.1) is 0 Å². The second-order valence-corrected chi connectivity index (χ2v) is 4.97. The van der Waals surface area contributed by atoms with Crippen LogP contribution in [0, 0.1) is 0 Å². The van der Waals surface area contributed by atoms with Crippen molar-refractivity contribution in [2.75, 3.05) is 42.5 Å². The number of nitrogen functional groups attached to an aromatic ring is 1. The number of ether oxygens (including phenoxy) is 1. The first-order valence-electron chi connectivity index (χ1n) is 6.06. The highest BCUT2D eigenvalue weighted by Crippen LogP contribution is 2.11. The summed E-state index contributed by atoms with van der Waals surface area (Å²) in [5, 5.41) is 11.9. The molecule has 0 unspecified atom stereocenters. The summed E-state index contributed by atoms with van der Waals surface area (Å²) in [6.07, 6.45) is 0.831. The lowest BCUT2D eigenvalue weighted by molar-refractivity contribution is 0.178. The molecule has 0 aliphatic heterocycles. The Labute approximate surface area is 117 Å². The molecular formula is C11H21N5O2S. The number of aromatic nitrogens is 2. The molecule has 0 aliphatic rings. The van der Waals surface area contributed by atoms with Crippen LogP contribution in [-0.4, -0.2) is 46.8 Å². The van der Waals surface area contributed by atoms with Gasteiger partial charge in [0.1, 0.15) is 18.2 Å². The number of rotatable bonds is 10. The van der Waals surface area contributed by atoms with Crippen molar-refractivity contribution in [3.63, 3.8) is 0 Å². The van der Waals surface area contributed by atoms with E-state index in [1.54, 1.807) is 24.9 Å². The third-order valence-electron chi connectivity index (χ3n) is 2.19. The Bertz CT molecular complexity index is 367. The van der Waals surface area contributed by atoms with Gasteiger partial charge >= 0.3 is 0 Å². The molecule has 1 aromatic heterocycles. The number of hydrogen-bond acceptors (Lipinski definition) is 8. The van der Waals surface area contributed by atoms with Crippen LogP contribution in [0.15, 0.2) is 6.07 Å². The molecule has 1 aromatic rings. The molecule has 1 rings (SSSR count). The number of methoxy groups -OCH3 is 1. The Morgan fingerprint density at radius 1 is 1.37 bits per heavy atom. The molecule has 1 heterocycles. The predicted octanol–water partition coefficient (Wildman–Crippen LogP) is 0.436. The van der Waals surface area contributed by atoms with Crippen LogP contribution in [0.5, 0.6) is 0 Å². The van der Waals surface area contributed by atoms with Crippen LogP contribution < -0.4 is 16.6 Å². The van der Waals surface area contributed by atoms with Crippen LogP contribution in [0.3, 0.4) is 0 Å². The maximum atomic E-state index is 8.66. The van der Waals surface area contributed by atoms with E-state index in [1.165, 1.54) is 0 Å². The van der Waals surface area contributed by atoms with E-state index in [0.717, 1.165) is 30.3 Å². The molecule has 0 aliphatic carbocycles. The van der Waals surface area contributed by atoms with Crippen molar-refractivity contribution in [3.8, 4) is 0 Å². The molecular weight excluding hydrogens is 266 g/mol. The predicted molar refractivity (Wildman–Crippen MR) is 78.1 cm³/mol. The van der Waals surface area contributed by atoms with E-state index in [9.17, 15) is 0 Å². The molecule has 8 heteroatoms. The normalized spacial score (nSPS) is 10.5. The van der Waals surface area contributed by atoms with Crippen LogP contribution in [-0.2, 0) is 11.3 Å². The highest BCUT2D eigenvalue weighted by Gasteiger charge is 2.03. The fourth-order valence-electron chi connectivity index (χ4n) is 1.38. The molecule has 0 fully saturated rings. The van der Waals surface area contributed by atoms with Gasteiger partial charge in [0.25, 0.3) is 0 Å². The first-order chi connectivity index (χ1) is 9.30. The minimum atomic E-state index is 0.248. The molecule has 0 radical (unpaired) electrons. The zero-order chi connectivity index (χ0) is 13.9.